The van der Waals surface area contributed by atoms with Crippen LogP contribution in [0.25, 0.3) is 0 Å². The van der Waals surface area contributed by atoms with Gasteiger partial charge in [0.05, 0.1) is 17.7 Å². The third kappa shape index (κ3) is 4.02. The molecule has 1 saturated carbocycles. The molecule has 1 atom stereocenters. The lowest BCUT2D eigenvalue weighted by atomic mass is 10.0. The molecule has 0 spiro atoms. The first-order valence-corrected chi connectivity index (χ1v) is 8.93. The second kappa shape index (κ2) is 8.01. The number of carbonyl (C=O) groups is 1. The van der Waals surface area contributed by atoms with Crippen molar-refractivity contribution in [2.24, 2.45) is 0 Å². The van der Waals surface area contributed by atoms with E-state index in [1.165, 1.54) is 12.1 Å². The van der Waals surface area contributed by atoms with E-state index in [0.717, 1.165) is 31.2 Å². The lowest BCUT2D eigenvalue weighted by Gasteiger charge is -2.35. The van der Waals surface area contributed by atoms with Crippen LogP contribution in [-0.4, -0.2) is 17.0 Å². The maximum Gasteiger partial charge on any atom is 0.322 e. The maximum absolute atomic E-state index is 13.1. The van der Waals surface area contributed by atoms with Gasteiger partial charge in [0.25, 0.3) is 0 Å². The molecule has 3 rings (SSSR count). The second-order valence-corrected chi connectivity index (χ2v) is 6.70. The summed E-state index contributed by atoms with van der Waals surface area (Å²) in [5.74, 6) is -0.336. The molecule has 1 fully saturated rings. The van der Waals surface area contributed by atoms with Crippen molar-refractivity contribution in [3.05, 3.63) is 65.5 Å². The van der Waals surface area contributed by atoms with E-state index in [1.54, 1.807) is 18.2 Å². The average molecular weight is 351 g/mol. The Morgan fingerprint density at radius 2 is 1.92 bits per heavy atom. The molecule has 5 heteroatoms. The van der Waals surface area contributed by atoms with E-state index >= 15 is 0 Å². The van der Waals surface area contributed by atoms with Gasteiger partial charge in [-0.1, -0.05) is 25.0 Å². The molecular weight excluding hydrogens is 329 g/mol. The van der Waals surface area contributed by atoms with Crippen molar-refractivity contribution in [1.82, 2.24) is 4.90 Å². The van der Waals surface area contributed by atoms with Crippen LogP contribution in [0.4, 0.5) is 14.9 Å². The van der Waals surface area contributed by atoms with E-state index in [1.807, 2.05) is 30.0 Å². The molecule has 2 aromatic carbocycles. The number of benzene rings is 2. The van der Waals surface area contributed by atoms with Gasteiger partial charge in [0.2, 0.25) is 0 Å². The Balaban J connectivity index is 1.85. The normalized spacial score (nSPS) is 15.3. The number of carbonyl (C=O) groups excluding carboxylic acids is 1. The Morgan fingerprint density at radius 1 is 1.23 bits per heavy atom. The summed E-state index contributed by atoms with van der Waals surface area (Å²) < 4.78 is 13.1. The van der Waals surface area contributed by atoms with E-state index in [-0.39, 0.29) is 23.9 Å². The van der Waals surface area contributed by atoms with Gasteiger partial charge in [0, 0.05) is 11.7 Å². The van der Waals surface area contributed by atoms with E-state index in [4.69, 9.17) is 5.26 Å². The minimum atomic E-state index is -0.336. The Bertz CT molecular complexity index is 807. The summed E-state index contributed by atoms with van der Waals surface area (Å²) in [6, 6.07) is 15.1. The first-order chi connectivity index (χ1) is 12.6. The highest BCUT2D eigenvalue weighted by atomic mass is 19.1. The molecule has 1 unspecified atom stereocenters. The van der Waals surface area contributed by atoms with Crippen LogP contribution in [-0.2, 0) is 0 Å². The predicted octanol–water partition coefficient (Wildman–Crippen LogP) is 5.24. The lowest BCUT2D eigenvalue weighted by Crippen LogP contribution is -2.43. The summed E-state index contributed by atoms with van der Waals surface area (Å²) >= 11 is 0. The summed E-state index contributed by atoms with van der Waals surface area (Å²) in [4.78, 5) is 14.9. The van der Waals surface area contributed by atoms with Crippen molar-refractivity contribution in [2.75, 3.05) is 5.32 Å². The average Bonchev–Trinajstić information content (AvgIpc) is 3.18. The van der Waals surface area contributed by atoms with Crippen molar-refractivity contribution in [3.8, 4) is 6.07 Å². The van der Waals surface area contributed by atoms with Crippen LogP contribution in [0.1, 0.15) is 49.8 Å². The third-order valence-corrected chi connectivity index (χ3v) is 4.96. The molecule has 2 aromatic rings. The van der Waals surface area contributed by atoms with Crippen LogP contribution < -0.4 is 5.32 Å². The monoisotopic (exact) mass is 351 g/mol. The zero-order valence-electron chi connectivity index (χ0n) is 14.8. The summed E-state index contributed by atoms with van der Waals surface area (Å²) in [5, 5.41) is 12.0. The zero-order valence-corrected chi connectivity index (χ0v) is 14.8. The van der Waals surface area contributed by atoms with Crippen molar-refractivity contribution in [1.29, 1.82) is 5.26 Å². The van der Waals surface area contributed by atoms with Crippen LogP contribution in [0.5, 0.6) is 0 Å². The van der Waals surface area contributed by atoms with Gasteiger partial charge in [-0.2, -0.15) is 5.26 Å². The van der Waals surface area contributed by atoms with Gasteiger partial charge in [0.15, 0.2) is 0 Å². The second-order valence-electron chi connectivity index (χ2n) is 6.70. The summed E-state index contributed by atoms with van der Waals surface area (Å²) in [7, 11) is 0. The Morgan fingerprint density at radius 3 is 2.58 bits per heavy atom. The third-order valence-electron chi connectivity index (χ3n) is 4.96. The number of anilines is 1. The first-order valence-electron chi connectivity index (χ1n) is 8.93. The van der Waals surface area contributed by atoms with Crippen molar-refractivity contribution < 1.29 is 9.18 Å². The molecule has 26 heavy (non-hydrogen) atoms. The van der Waals surface area contributed by atoms with Gasteiger partial charge in [-0.15, -0.1) is 0 Å². The number of halogens is 1. The summed E-state index contributed by atoms with van der Waals surface area (Å²) in [6.07, 6.45) is 4.16. The zero-order chi connectivity index (χ0) is 18.5. The highest BCUT2D eigenvalue weighted by Gasteiger charge is 2.31. The van der Waals surface area contributed by atoms with Crippen LogP contribution in [0.3, 0.4) is 0 Å². The molecule has 0 heterocycles. The molecule has 0 aromatic heterocycles. The van der Waals surface area contributed by atoms with Gasteiger partial charge in [-0.3, -0.25) is 0 Å². The molecule has 4 nitrogen and oxygen atoms in total. The number of nitrogens with one attached hydrogen (secondary N) is 1. The van der Waals surface area contributed by atoms with Gasteiger partial charge < -0.3 is 10.2 Å². The van der Waals surface area contributed by atoms with Crippen molar-refractivity contribution in [3.63, 3.8) is 0 Å². The van der Waals surface area contributed by atoms with E-state index in [2.05, 4.69) is 11.4 Å². The molecule has 0 bridgehead atoms. The summed E-state index contributed by atoms with van der Waals surface area (Å²) in [6.45, 7) is 1.99. The molecule has 134 valence electrons. The Kier molecular flexibility index (Phi) is 5.52. The van der Waals surface area contributed by atoms with E-state index in [0.29, 0.717) is 11.3 Å². The van der Waals surface area contributed by atoms with E-state index < -0.39 is 0 Å². The Labute approximate surface area is 153 Å². The van der Waals surface area contributed by atoms with Crippen LogP contribution in [0.15, 0.2) is 48.5 Å². The van der Waals surface area contributed by atoms with Crippen molar-refractivity contribution >= 4 is 11.7 Å². The highest BCUT2D eigenvalue weighted by Crippen LogP contribution is 2.32. The molecule has 1 aliphatic carbocycles. The quantitative estimate of drug-likeness (QED) is 0.819. The minimum absolute atomic E-state index is 0.160. The smallest absolute Gasteiger partial charge is 0.315 e. The fourth-order valence-corrected chi connectivity index (χ4v) is 3.59. The molecule has 1 N–H and O–H groups in total. The highest BCUT2D eigenvalue weighted by molar-refractivity contribution is 5.89. The van der Waals surface area contributed by atoms with Crippen LogP contribution in [0.2, 0.25) is 0 Å². The van der Waals surface area contributed by atoms with Gasteiger partial charge in [0.1, 0.15) is 5.82 Å². The number of urea groups is 1. The van der Waals surface area contributed by atoms with E-state index in [9.17, 15) is 9.18 Å². The largest absolute Gasteiger partial charge is 0.322 e. The molecule has 0 radical (unpaired) electrons. The standard InChI is InChI=1S/C21H22FN3O/c1-15(17-6-4-5-16(13-17)14-23)25(20-7-2-3-8-20)21(26)24-19-11-9-18(22)10-12-19/h4-6,9-13,15,20H,2-3,7-8H2,1H3,(H,24,26). The molecule has 0 aliphatic heterocycles. The minimum Gasteiger partial charge on any atom is -0.315 e. The molecule has 2 amide bonds. The molecule has 1 aliphatic rings. The van der Waals surface area contributed by atoms with Gasteiger partial charge in [-0.25, -0.2) is 9.18 Å². The number of amides is 2. The number of nitriles is 1. The molecule has 0 saturated heterocycles. The predicted molar refractivity (Wildman–Crippen MR) is 99.1 cm³/mol. The van der Waals surface area contributed by atoms with Gasteiger partial charge in [-0.05, 0) is 61.7 Å². The number of hydrogen-bond acceptors (Lipinski definition) is 2. The number of rotatable bonds is 4. The summed E-state index contributed by atoms with van der Waals surface area (Å²) in [5.41, 5.74) is 2.09. The van der Waals surface area contributed by atoms with Crippen LogP contribution in [0, 0.1) is 17.1 Å². The maximum atomic E-state index is 13.1. The molecular formula is C21H22FN3O. The van der Waals surface area contributed by atoms with Gasteiger partial charge >= 0.3 is 6.03 Å². The van der Waals surface area contributed by atoms with Crippen LogP contribution >= 0.6 is 0 Å². The Hall–Kier alpha value is -2.87. The SMILES string of the molecule is CC(c1cccc(C#N)c1)N(C(=O)Nc1ccc(F)cc1)C1CCCC1. The fraction of sp³-hybridized carbons (Fsp3) is 0.333. The van der Waals surface area contributed by atoms with Crippen molar-refractivity contribution in [2.45, 2.75) is 44.7 Å². The first kappa shape index (κ1) is 17.9. The number of hydrogen-bond donors (Lipinski definition) is 1. The lowest BCUT2D eigenvalue weighted by molar-refractivity contribution is 0.162. The topological polar surface area (TPSA) is 56.1 Å². The number of nitrogens with zero attached hydrogens (tertiary/aromatic N) is 2. The fourth-order valence-electron chi connectivity index (χ4n) is 3.59.